The third kappa shape index (κ3) is 1.88. The summed E-state index contributed by atoms with van der Waals surface area (Å²) in [5, 5.41) is 2.58. The van der Waals surface area contributed by atoms with Crippen molar-refractivity contribution < 1.29 is 14.0 Å². The van der Waals surface area contributed by atoms with Crippen LogP contribution in [0.25, 0.3) is 0 Å². The van der Waals surface area contributed by atoms with Crippen LogP contribution in [-0.2, 0) is 9.59 Å². The lowest BCUT2D eigenvalue weighted by molar-refractivity contribution is -0.143. The topological polar surface area (TPSA) is 49.4 Å². The Bertz CT molecular complexity index is 430. The van der Waals surface area contributed by atoms with Crippen molar-refractivity contribution in [1.29, 1.82) is 0 Å². The summed E-state index contributed by atoms with van der Waals surface area (Å²) in [7, 11) is 1.57. The summed E-state index contributed by atoms with van der Waals surface area (Å²) in [6, 6.07) is 4.83. The Labute approximate surface area is 92.0 Å². The van der Waals surface area contributed by atoms with Gasteiger partial charge in [-0.15, -0.1) is 0 Å². The maximum atomic E-state index is 12.7. The number of piperazine rings is 1. The van der Waals surface area contributed by atoms with E-state index in [-0.39, 0.29) is 24.2 Å². The molecule has 0 saturated carbocycles. The molecule has 1 atom stereocenters. The number of halogens is 1. The highest BCUT2D eigenvalue weighted by molar-refractivity contribution is 5.95. The zero-order valence-corrected chi connectivity index (χ0v) is 8.74. The fourth-order valence-electron chi connectivity index (χ4n) is 1.66. The zero-order chi connectivity index (χ0) is 11.7. The highest BCUT2D eigenvalue weighted by atomic mass is 19.1. The second-order valence-corrected chi connectivity index (χ2v) is 3.75. The van der Waals surface area contributed by atoms with E-state index in [4.69, 9.17) is 0 Å². The van der Waals surface area contributed by atoms with Crippen LogP contribution in [0.15, 0.2) is 24.3 Å². The molecule has 0 bridgehead atoms. The summed E-state index contributed by atoms with van der Waals surface area (Å²) in [6.07, 6.45) is 0. The van der Waals surface area contributed by atoms with Gasteiger partial charge in [0.25, 0.3) is 0 Å². The number of likely N-dealkylation sites (N-methyl/N-ethyl adjacent to an activating group) is 1. The van der Waals surface area contributed by atoms with Gasteiger partial charge in [0.1, 0.15) is 11.9 Å². The number of hydrogen-bond acceptors (Lipinski definition) is 2. The van der Waals surface area contributed by atoms with Gasteiger partial charge in [-0.2, -0.15) is 0 Å². The van der Waals surface area contributed by atoms with Crippen LogP contribution in [0.3, 0.4) is 0 Å². The first kappa shape index (κ1) is 10.6. The van der Waals surface area contributed by atoms with Gasteiger partial charge in [-0.05, 0) is 17.7 Å². The lowest BCUT2D eigenvalue weighted by atomic mass is 10.0. The van der Waals surface area contributed by atoms with E-state index in [1.165, 1.54) is 29.2 Å². The number of rotatable bonds is 1. The summed E-state index contributed by atoms with van der Waals surface area (Å²) in [4.78, 5) is 24.4. The third-order valence-electron chi connectivity index (χ3n) is 2.51. The number of amides is 2. The molecule has 1 aromatic rings. The summed E-state index contributed by atoms with van der Waals surface area (Å²) in [5.74, 6) is -0.769. The Hall–Kier alpha value is -1.91. The number of carbonyl (C=O) groups is 2. The molecule has 4 nitrogen and oxygen atoms in total. The van der Waals surface area contributed by atoms with Crippen LogP contribution in [0.1, 0.15) is 11.6 Å². The molecule has 84 valence electrons. The Morgan fingerprint density at radius 1 is 1.31 bits per heavy atom. The first-order valence-electron chi connectivity index (χ1n) is 4.88. The van der Waals surface area contributed by atoms with E-state index < -0.39 is 6.04 Å². The highest BCUT2D eigenvalue weighted by Gasteiger charge is 2.31. The maximum absolute atomic E-state index is 12.7. The van der Waals surface area contributed by atoms with Gasteiger partial charge in [0.2, 0.25) is 11.8 Å². The number of benzene rings is 1. The lowest BCUT2D eigenvalue weighted by Gasteiger charge is -2.29. The number of carbonyl (C=O) groups excluding carboxylic acids is 2. The summed E-state index contributed by atoms with van der Waals surface area (Å²) >= 11 is 0. The van der Waals surface area contributed by atoms with Crippen molar-refractivity contribution in [3.63, 3.8) is 0 Å². The van der Waals surface area contributed by atoms with Crippen LogP contribution in [0.5, 0.6) is 0 Å². The van der Waals surface area contributed by atoms with E-state index in [0.717, 1.165) is 0 Å². The van der Waals surface area contributed by atoms with E-state index in [2.05, 4.69) is 5.32 Å². The predicted molar refractivity (Wildman–Crippen MR) is 54.9 cm³/mol. The van der Waals surface area contributed by atoms with Crippen molar-refractivity contribution >= 4 is 11.8 Å². The van der Waals surface area contributed by atoms with Gasteiger partial charge in [0, 0.05) is 7.05 Å². The van der Waals surface area contributed by atoms with Crippen molar-refractivity contribution in [2.24, 2.45) is 0 Å². The second-order valence-electron chi connectivity index (χ2n) is 3.75. The molecule has 5 heteroatoms. The molecule has 0 unspecified atom stereocenters. The molecule has 16 heavy (non-hydrogen) atoms. The van der Waals surface area contributed by atoms with Crippen LogP contribution in [0.2, 0.25) is 0 Å². The quantitative estimate of drug-likeness (QED) is 0.750. The van der Waals surface area contributed by atoms with Crippen LogP contribution >= 0.6 is 0 Å². The molecule has 1 saturated heterocycles. The van der Waals surface area contributed by atoms with Gasteiger partial charge in [-0.1, -0.05) is 12.1 Å². The predicted octanol–water partition coefficient (Wildman–Crippen LogP) is 0.455. The van der Waals surface area contributed by atoms with Gasteiger partial charge < -0.3 is 10.2 Å². The minimum absolute atomic E-state index is 0.0660. The molecule has 1 aliphatic heterocycles. The van der Waals surface area contributed by atoms with E-state index in [1.807, 2.05) is 0 Å². The van der Waals surface area contributed by atoms with Gasteiger partial charge in [0.15, 0.2) is 0 Å². The van der Waals surface area contributed by atoms with Crippen molar-refractivity contribution in [2.45, 2.75) is 6.04 Å². The maximum Gasteiger partial charge on any atom is 0.250 e. The summed E-state index contributed by atoms with van der Waals surface area (Å²) in [6.45, 7) is 0.0660. The lowest BCUT2D eigenvalue weighted by Crippen LogP contribution is -2.51. The van der Waals surface area contributed by atoms with Crippen molar-refractivity contribution in [3.05, 3.63) is 35.6 Å². The molecule has 0 spiro atoms. The normalized spacial score (nSPS) is 20.9. The smallest absolute Gasteiger partial charge is 0.250 e. The molecule has 1 fully saturated rings. The Morgan fingerprint density at radius 2 is 1.94 bits per heavy atom. The minimum atomic E-state index is -0.702. The molecule has 1 aromatic carbocycles. The fraction of sp³-hybridized carbons (Fsp3) is 0.273. The molecule has 0 radical (unpaired) electrons. The van der Waals surface area contributed by atoms with Gasteiger partial charge in [0.05, 0.1) is 6.54 Å². The second kappa shape index (κ2) is 3.92. The molecule has 0 aliphatic carbocycles. The first-order valence-corrected chi connectivity index (χ1v) is 4.88. The zero-order valence-electron chi connectivity index (χ0n) is 8.74. The molecular weight excluding hydrogens is 211 g/mol. The average Bonchev–Trinajstić information content (AvgIpc) is 2.25. The summed E-state index contributed by atoms with van der Waals surface area (Å²) in [5.41, 5.74) is 0.589. The molecule has 1 heterocycles. The van der Waals surface area contributed by atoms with Gasteiger partial charge in [-0.25, -0.2) is 4.39 Å². The van der Waals surface area contributed by atoms with Gasteiger partial charge >= 0.3 is 0 Å². The first-order chi connectivity index (χ1) is 7.58. The standard InChI is InChI=1S/C11H11FN2O2/c1-14-6-9(15)13-10(11(14)16)7-2-4-8(12)5-3-7/h2-5,10H,6H2,1H3,(H,13,15)/t10-/m1/s1. The summed E-state index contributed by atoms with van der Waals surface area (Å²) < 4.78 is 12.7. The number of nitrogens with zero attached hydrogens (tertiary/aromatic N) is 1. The van der Waals surface area contributed by atoms with E-state index in [9.17, 15) is 14.0 Å². The van der Waals surface area contributed by atoms with E-state index >= 15 is 0 Å². The van der Waals surface area contributed by atoms with E-state index in [1.54, 1.807) is 7.05 Å². The van der Waals surface area contributed by atoms with Crippen molar-refractivity contribution in [1.82, 2.24) is 10.2 Å². The molecule has 0 aromatic heterocycles. The highest BCUT2D eigenvalue weighted by Crippen LogP contribution is 2.18. The monoisotopic (exact) mass is 222 g/mol. The average molecular weight is 222 g/mol. The molecule has 1 aliphatic rings. The largest absolute Gasteiger partial charge is 0.339 e. The van der Waals surface area contributed by atoms with E-state index in [0.29, 0.717) is 5.56 Å². The van der Waals surface area contributed by atoms with Crippen LogP contribution in [-0.4, -0.2) is 30.3 Å². The van der Waals surface area contributed by atoms with Crippen molar-refractivity contribution in [3.8, 4) is 0 Å². The number of nitrogens with one attached hydrogen (secondary N) is 1. The Balaban J connectivity index is 2.28. The minimum Gasteiger partial charge on any atom is -0.339 e. The molecule has 2 amide bonds. The van der Waals surface area contributed by atoms with Crippen molar-refractivity contribution in [2.75, 3.05) is 13.6 Å². The molecule has 1 N–H and O–H groups in total. The SMILES string of the molecule is CN1CC(=O)N[C@H](c2ccc(F)cc2)C1=O. The van der Waals surface area contributed by atoms with Crippen LogP contribution in [0, 0.1) is 5.82 Å². The fourth-order valence-corrected chi connectivity index (χ4v) is 1.66. The molecular formula is C11H11FN2O2. The third-order valence-corrected chi connectivity index (χ3v) is 2.51. The van der Waals surface area contributed by atoms with Gasteiger partial charge in [-0.3, -0.25) is 9.59 Å². The number of hydrogen-bond donors (Lipinski definition) is 1. The molecule has 2 rings (SSSR count). The Morgan fingerprint density at radius 3 is 2.56 bits per heavy atom. The van der Waals surface area contributed by atoms with Crippen LogP contribution < -0.4 is 5.32 Å². The Kier molecular flexibility index (Phi) is 2.60. The van der Waals surface area contributed by atoms with Crippen LogP contribution in [0.4, 0.5) is 4.39 Å².